The summed E-state index contributed by atoms with van der Waals surface area (Å²) < 4.78 is 6.18. The lowest BCUT2D eigenvalue weighted by atomic mass is 10.1. The topological polar surface area (TPSA) is 81.5 Å². The highest BCUT2D eigenvalue weighted by Gasteiger charge is 2.23. The summed E-state index contributed by atoms with van der Waals surface area (Å²) >= 11 is 6.08. The van der Waals surface area contributed by atoms with Crippen LogP contribution in [0.25, 0.3) is 6.08 Å². The summed E-state index contributed by atoms with van der Waals surface area (Å²) in [6.45, 7) is 2.31. The van der Waals surface area contributed by atoms with Gasteiger partial charge in [0.2, 0.25) is 0 Å². The molecule has 0 saturated carbocycles. The summed E-state index contributed by atoms with van der Waals surface area (Å²) in [7, 11) is 0. The number of carbonyl (C=O) groups excluding carboxylic acids is 1. The number of non-ortho nitro benzene ring substituents is 1. The molecule has 0 spiro atoms. The second kappa shape index (κ2) is 7.67. The molecule has 1 aliphatic heterocycles. The number of thioether (sulfide) groups is 1. The highest BCUT2D eigenvalue weighted by atomic mass is 32.2. The molecule has 0 aromatic heterocycles. The van der Waals surface area contributed by atoms with E-state index in [4.69, 9.17) is 17.0 Å². The molecule has 1 amide bonds. The molecular formula is C18H14N2O4S2. The Labute approximate surface area is 159 Å². The molecule has 2 aromatic carbocycles. The summed E-state index contributed by atoms with van der Waals surface area (Å²) in [6, 6.07) is 12.2. The first kappa shape index (κ1) is 18.1. The van der Waals surface area contributed by atoms with Crippen LogP contribution in [0.5, 0.6) is 5.75 Å². The number of carbonyl (C=O) groups is 1. The number of hydrogen-bond acceptors (Lipinski definition) is 6. The normalized spacial score (nSPS) is 15.2. The Balaban J connectivity index is 1.90. The molecule has 26 heavy (non-hydrogen) atoms. The number of nitrogens with zero attached hydrogens (tertiary/aromatic N) is 1. The molecular weight excluding hydrogens is 372 g/mol. The summed E-state index contributed by atoms with van der Waals surface area (Å²) in [6.07, 6.45) is 1.55. The zero-order valence-electron chi connectivity index (χ0n) is 13.7. The summed E-state index contributed by atoms with van der Waals surface area (Å²) in [4.78, 5) is 22.8. The van der Waals surface area contributed by atoms with E-state index in [1.165, 1.54) is 18.2 Å². The number of thiocarbonyl (C=S) groups is 1. The molecule has 0 aliphatic carbocycles. The zero-order chi connectivity index (χ0) is 18.7. The van der Waals surface area contributed by atoms with Gasteiger partial charge in [-0.1, -0.05) is 53.8 Å². The molecule has 1 aliphatic rings. The van der Waals surface area contributed by atoms with Gasteiger partial charge in [-0.2, -0.15) is 0 Å². The van der Waals surface area contributed by atoms with Crippen LogP contribution in [0, 0.1) is 17.0 Å². The lowest BCUT2D eigenvalue weighted by Crippen LogP contribution is -2.17. The number of nitro groups is 1. The van der Waals surface area contributed by atoms with E-state index in [1.807, 2.05) is 31.2 Å². The SMILES string of the molecule is Cc1ccc(COc2ccc([N+](=O)[O-])cc2C=C2SC(=S)NC2=O)cc1. The van der Waals surface area contributed by atoms with Crippen molar-refractivity contribution in [1.82, 2.24) is 5.32 Å². The third-order valence-corrected chi connectivity index (χ3v) is 4.81. The van der Waals surface area contributed by atoms with Gasteiger partial charge in [-0.15, -0.1) is 0 Å². The lowest BCUT2D eigenvalue weighted by Gasteiger charge is -2.10. The van der Waals surface area contributed by atoms with Crippen molar-refractivity contribution in [1.29, 1.82) is 0 Å². The van der Waals surface area contributed by atoms with Crippen molar-refractivity contribution in [2.45, 2.75) is 13.5 Å². The second-order valence-electron chi connectivity index (χ2n) is 5.61. The van der Waals surface area contributed by atoms with Gasteiger partial charge in [0, 0.05) is 17.7 Å². The van der Waals surface area contributed by atoms with E-state index >= 15 is 0 Å². The van der Waals surface area contributed by atoms with Crippen LogP contribution in [0.1, 0.15) is 16.7 Å². The minimum Gasteiger partial charge on any atom is -0.488 e. The van der Waals surface area contributed by atoms with E-state index in [0.717, 1.165) is 22.9 Å². The van der Waals surface area contributed by atoms with Crippen LogP contribution < -0.4 is 10.1 Å². The van der Waals surface area contributed by atoms with Gasteiger partial charge in [-0.3, -0.25) is 14.9 Å². The van der Waals surface area contributed by atoms with Crippen molar-refractivity contribution in [3.63, 3.8) is 0 Å². The molecule has 1 heterocycles. The standard InChI is InChI=1S/C18H14N2O4S2/c1-11-2-4-12(5-3-11)10-24-15-7-6-14(20(22)23)8-13(15)9-16-17(21)19-18(25)26-16/h2-9H,10H2,1H3,(H,19,21,25). The number of aryl methyl sites for hydroxylation is 1. The highest BCUT2D eigenvalue weighted by Crippen LogP contribution is 2.32. The van der Waals surface area contributed by atoms with Crippen LogP contribution in [0.4, 0.5) is 5.69 Å². The van der Waals surface area contributed by atoms with Crippen molar-refractivity contribution in [2.24, 2.45) is 0 Å². The van der Waals surface area contributed by atoms with Crippen LogP contribution >= 0.6 is 24.0 Å². The molecule has 0 radical (unpaired) electrons. The quantitative estimate of drug-likeness (QED) is 0.362. The zero-order valence-corrected chi connectivity index (χ0v) is 15.4. The van der Waals surface area contributed by atoms with Gasteiger partial charge in [0.1, 0.15) is 16.7 Å². The van der Waals surface area contributed by atoms with Gasteiger partial charge in [0.05, 0.1) is 9.83 Å². The molecule has 3 rings (SSSR count). The van der Waals surface area contributed by atoms with Crippen LogP contribution in [-0.2, 0) is 11.4 Å². The third kappa shape index (κ3) is 4.27. The van der Waals surface area contributed by atoms with Gasteiger partial charge in [-0.05, 0) is 24.6 Å². The average molecular weight is 386 g/mol. The van der Waals surface area contributed by atoms with Crippen LogP contribution in [0.15, 0.2) is 47.4 Å². The number of ether oxygens (including phenoxy) is 1. The first-order chi connectivity index (χ1) is 12.4. The summed E-state index contributed by atoms with van der Waals surface area (Å²) in [5, 5.41) is 13.6. The molecule has 6 nitrogen and oxygen atoms in total. The third-order valence-electron chi connectivity index (χ3n) is 3.65. The number of nitrogens with one attached hydrogen (secondary N) is 1. The number of amides is 1. The number of rotatable bonds is 5. The Bertz CT molecular complexity index is 923. The van der Waals surface area contributed by atoms with Crippen LogP contribution in [-0.4, -0.2) is 15.2 Å². The Morgan fingerprint density at radius 2 is 2.00 bits per heavy atom. The van der Waals surface area contributed by atoms with Crippen molar-refractivity contribution < 1.29 is 14.5 Å². The molecule has 0 atom stereocenters. The fraction of sp³-hybridized carbons (Fsp3) is 0.111. The smallest absolute Gasteiger partial charge is 0.270 e. The van der Waals surface area contributed by atoms with E-state index in [0.29, 0.717) is 27.1 Å². The minimum absolute atomic E-state index is 0.0782. The van der Waals surface area contributed by atoms with E-state index in [9.17, 15) is 14.9 Å². The largest absolute Gasteiger partial charge is 0.488 e. The maximum absolute atomic E-state index is 11.9. The fourth-order valence-corrected chi connectivity index (χ4v) is 3.34. The van der Waals surface area contributed by atoms with E-state index in [-0.39, 0.29) is 11.6 Å². The Hall–Kier alpha value is -2.71. The van der Waals surface area contributed by atoms with E-state index in [1.54, 1.807) is 6.08 Å². The Kier molecular flexibility index (Phi) is 5.34. The molecule has 1 N–H and O–H groups in total. The first-order valence-corrected chi connectivity index (χ1v) is 8.86. The predicted octanol–water partition coefficient (Wildman–Crippen LogP) is 3.97. The Morgan fingerprint density at radius 3 is 2.62 bits per heavy atom. The van der Waals surface area contributed by atoms with Crippen molar-refractivity contribution >= 4 is 46.0 Å². The van der Waals surface area contributed by atoms with E-state index < -0.39 is 4.92 Å². The van der Waals surface area contributed by atoms with Crippen molar-refractivity contribution in [3.8, 4) is 5.75 Å². The number of nitro benzene ring substituents is 1. The Morgan fingerprint density at radius 1 is 1.27 bits per heavy atom. The minimum atomic E-state index is -0.488. The van der Waals surface area contributed by atoms with Gasteiger partial charge >= 0.3 is 0 Å². The van der Waals surface area contributed by atoms with Gasteiger partial charge in [0.25, 0.3) is 11.6 Å². The van der Waals surface area contributed by atoms with Crippen LogP contribution in [0.3, 0.4) is 0 Å². The molecule has 2 aromatic rings. The molecule has 0 unspecified atom stereocenters. The van der Waals surface area contributed by atoms with Gasteiger partial charge in [0.15, 0.2) is 0 Å². The van der Waals surface area contributed by atoms with Crippen LogP contribution in [0.2, 0.25) is 0 Å². The maximum Gasteiger partial charge on any atom is 0.270 e. The molecule has 8 heteroatoms. The summed E-state index contributed by atoms with van der Waals surface area (Å²) in [5.41, 5.74) is 2.50. The summed E-state index contributed by atoms with van der Waals surface area (Å²) in [5.74, 6) is 0.130. The highest BCUT2D eigenvalue weighted by molar-refractivity contribution is 8.26. The van der Waals surface area contributed by atoms with E-state index in [2.05, 4.69) is 5.32 Å². The fourth-order valence-electron chi connectivity index (χ4n) is 2.30. The lowest BCUT2D eigenvalue weighted by molar-refractivity contribution is -0.384. The average Bonchev–Trinajstić information content (AvgIpc) is 2.92. The van der Waals surface area contributed by atoms with Crippen molar-refractivity contribution in [3.05, 3.63) is 74.2 Å². The molecule has 1 fully saturated rings. The first-order valence-electron chi connectivity index (χ1n) is 7.64. The molecule has 1 saturated heterocycles. The molecule has 0 bridgehead atoms. The number of benzene rings is 2. The molecule has 132 valence electrons. The van der Waals surface area contributed by atoms with Gasteiger partial charge < -0.3 is 10.1 Å². The second-order valence-corrected chi connectivity index (χ2v) is 7.32. The van der Waals surface area contributed by atoms with Gasteiger partial charge in [-0.25, -0.2) is 0 Å². The monoisotopic (exact) mass is 386 g/mol. The maximum atomic E-state index is 11.9. The van der Waals surface area contributed by atoms with Crippen molar-refractivity contribution in [2.75, 3.05) is 0 Å². The predicted molar refractivity (Wildman–Crippen MR) is 105 cm³/mol. The number of hydrogen-bond donors (Lipinski definition) is 1.